The van der Waals surface area contributed by atoms with Crippen LogP contribution >= 0.6 is 0 Å². The van der Waals surface area contributed by atoms with Gasteiger partial charge in [0.1, 0.15) is 0 Å². The molecule has 2 aliphatic carbocycles. The van der Waals surface area contributed by atoms with E-state index in [1.807, 2.05) is 0 Å². The molecular formula is C13H25NO2. The fourth-order valence-electron chi connectivity index (χ4n) is 2.41. The first kappa shape index (κ1) is 12.3. The van der Waals surface area contributed by atoms with Crippen LogP contribution in [0.3, 0.4) is 0 Å². The fourth-order valence-corrected chi connectivity index (χ4v) is 2.41. The molecule has 0 bridgehead atoms. The monoisotopic (exact) mass is 227 g/mol. The van der Waals surface area contributed by atoms with E-state index in [4.69, 9.17) is 9.47 Å². The topological polar surface area (TPSA) is 30.5 Å². The largest absolute Gasteiger partial charge is 0.374 e. The summed E-state index contributed by atoms with van der Waals surface area (Å²) in [5, 5.41) is 3.54. The van der Waals surface area contributed by atoms with Gasteiger partial charge in [-0.15, -0.1) is 0 Å². The molecule has 0 saturated heterocycles. The van der Waals surface area contributed by atoms with Gasteiger partial charge in [-0.1, -0.05) is 6.92 Å². The molecule has 0 aromatic rings. The normalized spacial score (nSPS) is 34.5. The zero-order chi connectivity index (χ0) is 11.4. The highest BCUT2D eigenvalue weighted by Crippen LogP contribution is 2.33. The Kier molecular flexibility index (Phi) is 4.62. The van der Waals surface area contributed by atoms with E-state index >= 15 is 0 Å². The van der Waals surface area contributed by atoms with Gasteiger partial charge in [0.25, 0.3) is 0 Å². The lowest BCUT2D eigenvalue weighted by molar-refractivity contribution is -0.178. The van der Waals surface area contributed by atoms with Crippen LogP contribution in [0.5, 0.6) is 0 Å². The van der Waals surface area contributed by atoms with Crippen molar-refractivity contribution in [2.75, 3.05) is 13.2 Å². The van der Waals surface area contributed by atoms with E-state index in [0.717, 1.165) is 19.6 Å². The molecule has 2 fully saturated rings. The highest BCUT2D eigenvalue weighted by molar-refractivity contribution is 4.98. The summed E-state index contributed by atoms with van der Waals surface area (Å²) < 4.78 is 11.8. The molecule has 0 amide bonds. The first-order valence-electron chi connectivity index (χ1n) is 6.85. The predicted molar refractivity (Wildman–Crippen MR) is 64.6 cm³/mol. The Balaban J connectivity index is 1.72. The smallest absolute Gasteiger partial charge is 0.0990 e. The molecule has 2 aliphatic rings. The van der Waals surface area contributed by atoms with Crippen molar-refractivity contribution in [3.05, 3.63) is 0 Å². The zero-order valence-corrected chi connectivity index (χ0v) is 10.6. The van der Waals surface area contributed by atoms with Gasteiger partial charge in [-0.2, -0.15) is 0 Å². The van der Waals surface area contributed by atoms with Crippen molar-refractivity contribution in [2.24, 2.45) is 0 Å². The van der Waals surface area contributed by atoms with Crippen LogP contribution in [-0.2, 0) is 9.47 Å². The lowest BCUT2D eigenvalue weighted by Crippen LogP contribution is -2.61. The highest BCUT2D eigenvalue weighted by Gasteiger charge is 2.43. The molecule has 0 heterocycles. The van der Waals surface area contributed by atoms with Gasteiger partial charge in [0.2, 0.25) is 0 Å². The SMILES string of the molecule is CCCNC1CC(OC2CCC2)C1OCC. The van der Waals surface area contributed by atoms with Crippen LogP contribution in [0, 0.1) is 0 Å². The Bertz CT molecular complexity index is 206. The molecule has 3 nitrogen and oxygen atoms in total. The number of ether oxygens (including phenoxy) is 2. The Morgan fingerprint density at radius 2 is 2.06 bits per heavy atom. The van der Waals surface area contributed by atoms with E-state index in [1.54, 1.807) is 0 Å². The first-order chi connectivity index (χ1) is 7.85. The number of hydrogen-bond acceptors (Lipinski definition) is 3. The minimum Gasteiger partial charge on any atom is -0.374 e. The Morgan fingerprint density at radius 1 is 1.25 bits per heavy atom. The van der Waals surface area contributed by atoms with Gasteiger partial charge >= 0.3 is 0 Å². The van der Waals surface area contributed by atoms with Crippen LogP contribution in [0.15, 0.2) is 0 Å². The molecule has 3 heteroatoms. The molecule has 3 unspecified atom stereocenters. The first-order valence-corrected chi connectivity index (χ1v) is 6.85. The van der Waals surface area contributed by atoms with Crippen LogP contribution in [0.4, 0.5) is 0 Å². The Labute approximate surface area is 98.9 Å². The molecule has 0 spiro atoms. The van der Waals surface area contributed by atoms with Crippen LogP contribution < -0.4 is 5.32 Å². The van der Waals surface area contributed by atoms with E-state index in [2.05, 4.69) is 19.2 Å². The second kappa shape index (κ2) is 5.99. The zero-order valence-electron chi connectivity index (χ0n) is 10.6. The molecule has 0 aliphatic heterocycles. The molecule has 2 saturated carbocycles. The molecule has 2 rings (SSSR count). The van der Waals surface area contributed by atoms with Crippen molar-refractivity contribution in [3.8, 4) is 0 Å². The molecule has 3 atom stereocenters. The molecular weight excluding hydrogens is 202 g/mol. The van der Waals surface area contributed by atoms with Gasteiger partial charge in [0, 0.05) is 12.6 Å². The highest BCUT2D eigenvalue weighted by atomic mass is 16.6. The van der Waals surface area contributed by atoms with E-state index in [0.29, 0.717) is 18.2 Å². The maximum Gasteiger partial charge on any atom is 0.0990 e. The third-order valence-electron chi connectivity index (χ3n) is 3.68. The summed E-state index contributed by atoms with van der Waals surface area (Å²) in [6, 6.07) is 0.518. The standard InChI is InChI=1S/C13H25NO2/c1-3-8-14-11-9-12(13(11)15-4-2)16-10-6-5-7-10/h10-14H,3-9H2,1-2H3. The van der Waals surface area contributed by atoms with Gasteiger partial charge in [0.15, 0.2) is 0 Å². The summed E-state index contributed by atoms with van der Waals surface area (Å²) in [6.45, 7) is 6.14. The van der Waals surface area contributed by atoms with E-state index in [1.165, 1.54) is 25.7 Å². The lowest BCUT2D eigenvalue weighted by Gasteiger charge is -2.46. The van der Waals surface area contributed by atoms with Gasteiger partial charge < -0.3 is 14.8 Å². The summed E-state index contributed by atoms with van der Waals surface area (Å²) in [5.74, 6) is 0. The Morgan fingerprint density at radius 3 is 2.62 bits per heavy atom. The minimum atomic E-state index is 0.289. The fraction of sp³-hybridized carbons (Fsp3) is 1.00. The second-order valence-electron chi connectivity index (χ2n) is 4.94. The number of hydrogen-bond donors (Lipinski definition) is 1. The number of nitrogens with one attached hydrogen (secondary N) is 1. The number of rotatable bonds is 7. The summed E-state index contributed by atoms with van der Waals surface area (Å²) in [6.07, 6.45) is 7.32. The summed E-state index contributed by atoms with van der Waals surface area (Å²) in [7, 11) is 0. The van der Waals surface area contributed by atoms with Gasteiger partial charge in [-0.25, -0.2) is 0 Å². The van der Waals surface area contributed by atoms with Gasteiger partial charge in [-0.05, 0) is 45.6 Å². The van der Waals surface area contributed by atoms with Crippen LogP contribution in [0.2, 0.25) is 0 Å². The van der Waals surface area contributed by atoms with Crippen LogP contribution in [0.25, 0.3) is 0 Å². The Hall–Kier alpha value is -0.120. The van der Waals surface area contributed by atoms with Crippen molar-refractivity contribution in [3.63, 3.8) is 0 Å². The van der Waals surface area contributed by atoms with Gasteiger partial charge in [0.05, 0.1) is 18.3 Å². The third-order valence-corrected chi connectivity index (χ3v) is 3.68. The quantitative estimate of drug-likeness (QED) is 0.722. The maximum absolute atomic E-state index is 6.03. The van der Waals surface area contributed by atoms with E-state index < -0.39 is 0 Å². The van der Waals surface area contributed by atoms with Crippen molar-refractivity contribution < 1.29 is 9.47 Å². The van der Waals surface area contributed by atoms with Crippen LogP contribution in [-0.4, -0.2) is 37.5 Å². The van der Waals surface area contributed by atoms with Crippen molar-refractivity contribution in [2.45, 2.75) is 70.3 Å². The lowest BCUT2D eigenvalue weighted by atomic mass is 9.84. The minimum absolute atomic E-state index is 0.289. The van der Waals surface area contributed by atoms with Crippen molar-refractivity contribution in [1.82, 2.24) is 5.32 Å². The second-order valence-corrected chi connectivity index (χ2v) is 4.94. The predicted octanol–water partition coefficient (Wildman–Crippen LogP) is 2.10. The summed E-state index contributed by atoms with van der Waals surface area (Å²) in [5.41, 5.74) is 0. The molecule has 0 aromatic heterocycles. The average Bonchev–Trinajstić information content (AvgIpc) is 2.21. The average molecular weight is 227 g/mol. The molecule has 94 valence electrons. The summed E-state index contributed by atoms with van der Waals surface area (Å²) >= 11 is 0. The van der Waals surface area contributed by atoms with Crippen molar-refractivity contribution >= 4 is 0 Å². The van der Waals surface area contributed by atoms with Crippen LogP contribution in [0.1, 0.15) is 46.0 Å². The van der Waals surface area contributed by atoms with E-state index in [9.17, 15) is 0 Å². The van der Waals surface area contributed by atoms with E-state index in [-0.39, 0.29) is 6.10 Å². The maximum atomic E-state index is 6.03. The summed E-state index contributed by atoms with van der Waals surface area (Å²) in [4.78, 5) is 0. The van der Waals surface area contributed by atoms with Gasteiger partial charge in [-0.3, -0.25) is 0 Å². The molecule has 0 radical (unpaired) electrons. The third kappa shape index (κ3) is 2.76. The molecule has 1 N–H and O–H groups in total. The molecule has 0 aromatic carbocycles. The molecule has 16 heavy (non-hydrogen) atoms. The van der Waals surface area contributed by atoms with Crippen molar-refractivity contribution in [1.29, 1.82) is 0 Å².